The van der Waals surface area contributed by atoms with E-state index in [-0.39, 0.29) is 12.5 Å². The summed E-state index contributed by atoms with van der Waals surface area (Å²) in [6.45, 7) is 6.49. The fourth-order valence-corrected chi connectivity index (χ4v) is 1.96. The second kappa shape index (κ2) is 9.78. The zero-order chi connectivity index (χ0) is 16.4. The molecule has 6 nitrogen and oxygen atoms in total. The molecule has 22 heavy (non-hydrogen) atoms. The minimum atomic E-state index is -0.506. The largest absolute Gasteiger partial charge is 0.452 e. The summed E-state index contributed by atoms with van der Waals surface area (Å²) in [6, 6.07) is 7.17. The van der Waals surface area contributed by atoms with E-state index in [9.17, 15) is 9.59 Å². The molecule has 1 rings (SSSR count). The van der Waals surface area contributed by atoms with Crippen LogP contribution in [-0.2, 0) is 14.3 Å². The van der Waals surface area contributed by atoms with Crippen molar-refractivity contribution in [1.29, 1.82) is 0 Å². The number of anilines is 1. The van der Waals surface area contributed by atoms with E-state index in [4.69, 9.17) is 9.47 Å². The number of nitrogens with one attached hydrogen (secondary N) is 1. The molecule has 0 bridgehead atoms. The Morgan fingerprint density at radius 3 is 2.32 bits per heavy atom. The molecule has 1 amide bonds. The molecule has 0 aliphatic carbocycles. The highest BCUT2D eigenvalue weighted by molar-refractivity contribution is 5.91. The summed E-state index contributed by atoms with van der Waals surface area (Å²) in [5.41, 5.74) is 1.49. The Hall–Kier alpha value is -2.08. The summed E-state index contributed by atoms with van der Waals surface area (Å²) in [5, 5.41) is 2.58. The first-order valence-corrected chi connectivity index (χ1v) is 7.40. The standard InChI is InChI=1S/C16H24N2O4/c1-4-18(5-2)14-8-6-13(7-9-14)16(20)22-12-15(19)17-10-11-21-3/h6-9H,4-5,10-12H2,1-3H3,(H,17,19). The van der Waals surface area contributed by atoms with Crippen molar-refractivity contribution in [3.63, 3.8) is 0 Å². The Morgan fingerprint density at radius 2 is 1.77 bits per heavy atom. The maximum absolute atomic E-state index is 11.9. The molecular weight excluding hydrogens is 284 g/mol. The predicted octanol–water partition coefficient (Wildman–Crippen LogP) is 1.45. The van der Waals surface area contributed by atoms with Crippen LogP contribution in [0, 0.1) is 0 Å². The monoisotopic (exact) mass is 308 g/mol. The highest BCUT2D eigenvalue weighted by Gasteiger charge is 2.10. The number of carbonyl (C=O) groups excluding carboxylic acids is 2. The Labute approximate surface area is 131 Å². The fraction of sp³-hybridized carbons (Fsp3) is 0.500. The van der Waals surface area contributed by atoms with E-state index < -0.39 is 5.97 Å². The summed E-state index contributed by atoms with van der Waals surface area (Å²) in [5.74, 6) is -0.849. The number of rotatable bonds is 9. The summed E-state index contributed by atoms with van der Waals surface area (Å²) in [7, 11) is 1.55. The number of benzene rings is 1. The Balaban J connectivity index is 2.47. The average Bonchev–Trinajstić information content (AvgIpc) is 2.54. The summed E-state index contributed by atoms with van der Waals surface area (Å²) < 4.78 is 9.78. The second-order valence-corrected chi connectivity index (χ2v) is 4.64. The molecule has 0 aliphatic rings. The van der Waals surface area contributed by atoms with Gasteiger partial charge in [0, 0.05) is 32.4 Å². The first kappa shape index (κ1) is 18.0. The van der Waals surface area contributed by atoms with Crippen molar-refractivity contribution in [2.45, 2.75) is 13.8 Å². The third kappa shape index (κ3) is 5.73. The summed E-state index contributed by atoms with van der Waals surface area (Å²) in [4.78, 5) is 25.5. The lowest BCUT2D eigenvalue weighted by Crippen LogP contribution is -2.31. The van der Waals surface area contributed by atoms with Gasteiger partial charge in [-0.05, 0) is 38.1 Å². The molecule has 0 aromatic heterocycles. The molecule has 0 atom stereocenters. The van der Waals surface area contributed by atoms with Crippen molar-refractivity contribution in [2.75, 3.05) is 44.9 Å². The molecule has 0 aliphatic heterocycles. The molecule has 1 N–H and O–H groups in total. The van der Waals surface area contributed by atoms with Crippen LogP contribution < -0.4 is 10.2 Å². The Bertz CT molecular complexity index is 470. The highest BCUT2D eigenvalue weighted by Crippen LogP contribution is 2.15. The molecule has 0 spiro atoms. The number of hydrogen-bond acceptors (Lipinski definition) is 5. The maximum atomic E-state index is 11.9. The first-order valence-electron chi connectivity index (χ1n) is 7.40. The third-order valence-electron chi connectivity index (χ3n) is 3.19. The van der Waals surface area contributed by atoms with Gasteiger partial charge in [-0.25, -0.2) is 4.79 Å². The van der Waals surface area contributed by atoms with Crippen LogP contribution in [0.4, 0.5) is 5.69 Å². The lowest BCUT2D eigenvalue weighted by atomic mass is 10.2. The van der Waals surface area contributed by atoms with Gasteiger partial charge in [0.25, 0.3) is 5.91 Å². The number of amides is 1. The average molecular weight is 308 g/mol. The van der Waals surface area contributed by atoms with Crippen LogP contribution in [0.2, 0.25) is 0 Å². The minimum Gasteiger partial charge on any atom is -0.452 e. The van der Waals surface area contributed by atoms with Gasteiger partial charge < -0.3 is 19.7 Å². The number of hydrogen-bond donors (Lipinski definition) is 1. The minimum absolute atomic E-state index is 0.291. The molecule has 0 heterocycles. The van der Waals surface area contributed by atoms with E-state index in [1.807, 2.05) is 12.1 Å². The molecule has 0 unspecified atom stereocenters. The smallest absolute Gasteiger partial charge is 0.338 e. The van der Waals surface area contributed by atoms with Gasteiger partial charge in [0.1, 0.15) is 0 Å². The quantitative estimate of drug-likeness (QED) is 0.552. The second-order valence-electron chi connectivity index (χ2n) is 4.64. The van der Waals surface area contributed by atoms with Crippen LogP contribution in [0.5, 0.6) is 0 Å². The van der Waals surface area contributed by atoms with Gasteiger partial charge in [-0.15, -0.1) is 0 Å². The molecule has 6 heteroatoms. The molecule has 122 valence electrons. The van der Waals surface area contributed by atoms with E-state index in [0.29, 0.717) is 18.7 Å². The molecule has 0 saturated heterocycles. The van der Waals surface area contributed by atoms with E-state index in [1.165, 1.54) is 0 Å². The van der Waals surface area contributed by atoms with Crippen LogP contribution in [0.1, 0.15) is 24.2 Å². The maximum Gasteiger partial charge on any atom is 0.338 e. The van der Waals surface area contributed by atoms with Crippen LogP contribution in [0.3, 0.4) is 0 Å². The van der Waals surface area contributed by atoms with Gasteiger partial charge >= 0.3 is 5.97 Å². The van der Waals surface area contributed by atoms with Crippen molar-refractivity contribution in [1.82, 2.24) is 5.32 Å². The zero-order valence-corrected chi connectivity index (χ0v) is 13.4. The fourth-order valence-electron chi connectivity index (χ4n) is 1.96. The first-order chi connectivity index (χ1) is 10.6. The SMILES string of the molecule is CCN(CC)c1ccc(C(=O)OCC(=O)NCCOC)cc1. The van der Waals surface area contributed by atoms with Crippen molar-refractivity contribution in [2.24, 2.45) is 0 Å². The van der Waals surface area contributed by atoms with Gasteiger partial charge in [0.05, 0.1) is 12.2 Å². The molecule has 0 saturated carbocycles. The Kier molecular flexibility index (Phi) is 7.99. The predicted molar refractivity (Wildman–Crippen MR) is 85.2 cm³/mol. The van der Waals surface area contributed by atoms with Gasteiger partial charge in [-0.1, -0.05) is 0 Å². The Morgan fingerprint density at radius 1 is 1.14 bits per heavy atom. The van der Waals surface area contributed by atoms with E-state index >= 15 is 0 Å². The number of esters is 1. The lowest BCUT2D eigenvalue weighted by molar-refractivity contribution is -0.124. The topological polar surface area (TPSA) is 67.9 Å². The highest BCUT2D eigenvalue weighted by atomic mass is 16.5. The van der Waals surface area contributed by atoms with E-state index in [0.717, 1.165) is 18.8 Å². The normalized spacial score (nSPS) is 10.1. The van der Waals surface area contributed by atoms with Crippen molar-refractivity contribution in [3.05, 3.63) is 29.8 Å². The van der Waals surface area contributed by atoms with Gasteiger partial charge in [0.15, 0.2) is 6.61 Å². The molecule has 1 aromatic rings. The van der Waals surface area contributed by atoms with Crippen molar-refractivity contribution >= 4 is 17.6 Å². The number of carbonyl (C=O) groups is 2. The van der Waals surface area contributed by atoms with Gasteiger partial charge in [-0.3, -0.25) is 4.79 Å². The number of methoxy groups -OCH3 is 1. The van der Waals surface area contributed by atoms with E-state index in [2.05, 4.69) is 24.1 Å². The van der Waals surface area contributed by atoms with E-state index in [1.54, 1.807) is 19.2 Å². The summed E-state index contributed by atoms with van der Waals surface area (Å²) in [6.07, 6.45) is 0. The molecule has 1 aromatic carbocycles. The number of ether oxygens (including phenoxy) is 2. The molecule has 0 fully saturated rings. The van der Waals surface area contributed by atoms with Crippen LogP contribution >= 0.6 is 0 Å². The van der Waals surface area contributed by atoms with Crippen molar-refractivity contribution < 1.29 is 19.1 Å². The van der Waals surface area contributed by atoms with Crippen LogP contribution in [0.15, 0.2) is 24.3 Å². The molecular formula is C16H24N2O4. The third-order valence-corrected chi connectivity index (χ3v) is 3.19. The van der Waals surface area contributed by atoms with Crippen LogP contribution in [0.25, 0.3) is 0 Å². The lowest BCUT2D eigenvalue weighted by Gasteiger charge is -2.20. The zero-order valence-electron chi connectivity index (χ0n) is 13.4. The van der Waals surface area contributed by atoms with Crippen molar-refractivity contribution in [3.8, 4) is 0 Å². The number of nitrogens with zero attached hydrogens (tertiary/aromatic N) is 1. The van der Waals surface area contributed by atoms with Gasteiger partial charge in [-0.2, -0.15) is 0 Å². The molecule has 0 radical (unpaired) electrons. The summed E-state index contributed by atoms with van der Waals surface area (Å²) >= 11 is 0. The van der Waals surface area contributed by atoms with Crippen LogP contribution in [-0.4, -0.2) is 51.8 Å². The van der Waals surface area contributed by atoms with Gasteiger partial charge in [0.2, 0.25) is 0 Å².